The van der Waals surface area contributed by atoms with Gasteiger partial charge in [0.15, 0.2) is 0 Å². The van der Waals surface area contributed by atoms with Crippen LogP contribution >= 0.6 is 11.6 Å². The van der Waals surface area contributed by atoms with E-state index in [0.717, 1.165) is 0 Å². The summed E-state index contributed by atoms with van der Waals surface area (Å²) < 4.78 is 18.3. The summed E-state index contributed by atoms with van der Waals surface area (Å²) in [6, 6.07) is 4.09. The Morgan fingerprint density at radius 2 is 2.33 bits per heavy atom. The maximum Gasteiger partial charge on any atom is 0.128 e. The number of oxime groups is 1. The van der Waals surface area contributed by atoms with Crippen LogP contribution in [0.1, 0.15) is 5.56 Å². The minimum absolute atomic E-state index is 0.210. The standard InChI is InChI=1S/C10H7ClFNO2/c11-10-6(4-13-14)5-15-9-2-1-7(12)3-8(9)10/h1-4,14H,5H2/b13-4+. The van der Waals surface area contributed by atoms with Gasteiger partial charge in [0.1, 0.15) is 18.2 Å². The van der Waals surface area contributed by atoms with Crippen LogP contribution in [-0.4, -0.2) is 18.0 Å². The van der Waals surface area contributed by atoms with E-state index in [-0.39, 0.29) is 6.61 Å². The van der Waals surface area contributed by atoms with Crippen molar-refractivity contribution in [3.63, 3.8) is 0 Å². The molecule has 1 N–H and O–H groups in total. The Morgan fingerprint density at radius 3 is 3.07 bits per heavy atom. The summed E-state index contributed by atoms with van der Waals surface area (Å²) in [6.45, 7) is 0.210. The highest BCUT2D eigenvalue weighted by Crippen LogP contribution is 2.35. The van der Waals surface area contributed by atoms with Crippen LogP contribution < -0.4 is 4.74 Å². The van der Waals surface area contributed by atoms with Crippen LogP contribution in [0.25, 0.3) is 5.03 Å². The number of hydrogen-bond donors (Lipinski definition) is 1. The molecule has 1 aliphatic rings. The molecule has 1 aromatic carbocycles. The van der Waals surface area contributed by atoms with Gasteiger partial charge >= 0.3 is 0 Å². The van der Waals surface area contributed by atoms with E-state index in [9.17, 15) is 4.39 Å². The van der Waals surface area contributed by atoms with Gasteiger partial charge in [-0.15, -0.1) is 0 Å². The van der Waals surface area contributed by atoms with Gasteiger partial charge in [-0.25, -0.2) is 4.39 Å². The normalized spacial score (nSPS) is 15.3. The maximum atomic E-state index is 13.0. The van der Waals surface area contributed by atoms with Gasteiger partial charge in [-0.05, 0) is 18.2 Å². The largest absolute Gasteiger partial charge is 0.488 e. The minimum Gasteiger partial charge on any atom is -0.488 e. The zero-order valence-electron chi connectivity index (χ0n) is 7.58. The zero-order valence-corrected chi connectivity index (χ0v) is 8.33. The molecule has 5 heteroatoms. The molecule has 0 atom stereocenters. The zero-order chi connectivity index (χ0) is 10.8. The Bertz CT molecular complexity index is 457. The van der Waals surface area contributed by atoms with Crippen LogP contribution in [0, 0.1) is 5.82 Å². The van der Waals surface area contributed by atoms with Gasteiger partial charge in [0.2, 0.25) is 0 Å². The fourth-order valence-corrected chi connectivity index (χ4v) is 1.61. The molecule has 0 fully saturated rings. The lowest BCUT2D eigenvalue weighted by atomic mass is 10.1. The molecular formula is C10H7ClFNO2. The molecule has 2 rings (SSSR count). The SMILES string of the molecule is O/N=C/C1=C(Cl)c2cc(F)ccc2OC1. The molecule has 3 nitrogen and oxygen atoms in total. The first-order valence-electron chi connectivity index (χ1n) is 4.21. The van der Waals surface area contributed by atoms with Crippen molar-refractivity contribution in [2.45, 2.75) is 0 Å². The van der Waals surface area contributed by atoms with Crippen LogP contribution in [0.15, 0.2) is 28.9 Å². The lowest BCUT2D eigenvalue weighted by Crippen LogP contribution is -2.10. The first-order valence-corrected chi connectivity index (χ1v) is 4.59. The summed E-state index contributed by atoms with van der Waals surface area (Å²) in [5.41, 5.74) is 0.982. The number of ether oxygens (including phenoxy) is 1. The average Bonchev–Trinajstić information content (AvgIpc) is 2.23. The fraction of sp³-hybridized carbons (Fsp3) is 0.100. The highest BCUT2D eigenvalue weighted by molar-refractivity contribution is 6.51. The number of nitrogens with zero attached hydrogens (tertiary/aromatic N) is 1. The summed E-state index contributed by atoms with van der Waals surface area (Å²) in [6.07, 6.45) is 1.18. The minimum atomic E-state index is -0.391. The highest BCUT2D eigenvalue weighted by Gasteiger charge is 2.18. The number of hydrogen-bond acceptors (Lipinski definition) is 3. The predicted molar refractivity (Wildman–Crippen MR) is 54.9 cm³/mol. The molecular weight excluding hydrogens is 221 g/mol. The Kier molecular flexibility index (Phi) is 2.60. The number of rotatable bonds is 1. The van der Waals surface area contributed by atoms with E-state index in [4.69, 9.17) is 21.5 Å². The third-order valence-corrected chi connectivity index (χ3v) is 2.50. The monoisotopic (exact) mass is 227 g/mol. The first kappa shape index (κ1) is 9.98. The molecule has 0 saturated carbocycles. The second kappa shape index (κ2) is 3.90. The Balaban J connectivity index is 2.54. The quantitative estimate of drug-likeness (QED) is 0.455. The third kappa shape index (κ3) is 1.80. The molecule has 1 aliphatic heterocycles. The van der Waals surface area contributed by atoms with Gasteiger partial charge in [-0.2, -0.15) is 0 Å². The van der Waals surface area contributed by atoms with Gasteiger partial charge in [0, 0.05) is 11.1 Å². The number of halogens is 2. The second-order valence-electron chi connectivity index (χ2n) is 3.01. The van der Waals surface area contributed by atoms with Gasteiger partial charge in [0.05, 0.1) is 11.2 Å². The molecule has 0 spiro atoms. The van der Waals surface area contributed by atoms with Crippen molar-refractivity contribution in [2.75, 3.05) is 6.61 Å². The Labute approximate surface area is 90.4 Å². The number of fused-ring (bicyclic) bond motifs is 1. The van der Waals surface area contributed by atoms with Crippen molar-refractivity contribution in [3.05, 3.63) is 35.2 Å². The lowest BCUT2D eigenvalue weighted by Gasteiger charge is -2.18. The molecule has 0 unspecified atom stereocenters. The van der Waals surface area contributed by atoms with Gasteiger partial charge < -0.3 is 9.94 Å². The van der Waals surface area contributed by atoms with Crippen LogP contribution in [0.5, 0.6) is 5.75 Å². The Hall–Kier alpha value is -1.55. The predicted octanol–water partition coefficient (Wildman–Crippen LogP) is 2.63. The van der Waals surface area contributed by atoms with Crippen LogP contribution in [0.4, 0.5) is 4.39 Å². The average molecular weight is 228 g/mol. The Morgan fingerprint density at radius 1 is 1.53 bits per heavy atom. The van der Waals surface area contributed by atoms with E-state index < -0.39 is 5.82 Å². The molecule has 1 heterocycles. The van der Waals surface area contributed by atoms with Crippen molar-refractivity contribution >= 4 is 22.8 Å². The van der Waals surface area contributed by atoms with Crippen LogP contribution in [0.3, 0.4) is 0 Å². The van der Waals surface area contributed by atoms with Crippen LogP contribution in [0.2, 0.25) is 0 Å². The highest BCUT2D eigenvalue weighted by atomic mass is 35.5. The topological polar surface area (TPSA) is 41.8 Å². The van der Waals surface area contributed by atoms with Gasteiger partial charge in [-0.3, -0.25) is 0 Å². The summed E-state index contributed by atoms with van der Waals surface area (Å²) in [5.74, 6) is 0.133. The van der Waals surface area contributed by atoms with Crippen molar-refractivity contribution in [1.82, 2.24) is 0 Å². The summed E-state index contributed by atoms with van der Waals surface area (Å²) >= 11 is 5.99. The second-order valence-corrected chi connectivity index (χ2v) is 3.39. The van der Waals surface area contributed by atoms with Gasteiger partial charge in [-0.1, -0.05) is 16.8 Å². The van der Waals surface area contributed by atoms with Crippen molar-refractivity contribution in [1.29, 1.82) is 0 Å². The summed E-state index contributed by atoms with van der Waals surface area (Å²) in [5, 5.41) is 11.6. The molecule has 15 heavy (non-hydrogen) atoms. The van der Waals surface area contributed by atoms with E-state index in [1.54, 1.807) is 0 Å². The molecule has 1 aromatic rings. The van der Waals surface area contributed by atoms with E-state index in [0.29, 0.717) is 21.9 Å². The summed E-state index contributed by atoms with van der Waals surface area (Å²) in [4.78, 5) is 0. The van der Waals surface area contributed by atoms with E-state index >= 15 is 0 Å². The van der Waals surface area contributed by atoms with Crippen molar-refractivity contribution in [3.8, 4) is 5.75 Å². The third-order valence-electron chi connectivity index (χ3n) is 2.06. The van der Waals surface area contributed by atoms with E-state index in [1.807, 2.05) is 0 Å². The fourth-order valence-electron chi connectivity index (χ4n) is 1.36. The van der Waals surface area contributed by atoms with Crippen LogP contribution in [-0.2, 0) is 0 Å². The molecule has 78 valence electrons. The first-order chi connectivity index (χ1) is 7.22. The molecule has 0 aliphatic carbocycles. The lowest BCUT2D eigenvalue weighted by molar-refractivity contribution is 0.318. The molecule has 0 amide bonds. The van der Waals surface area contributed by atoms with Gasteiger partial charge in [0.25, 0.3) is 0 Å². The van der Waals surface area contributed by atoms with E-state index in [2.05, 4.69) is 5.16 Å². The maximum absolute atomic E-state index is 13.0. The molecule has 0 aromatic heterocycles. The van der Waals surface area contributed by atoms with Crippen molar-refractivity contribution in [2.24, 2.45) is 5.16 Å². The smallest absolute Gasteiger partial charge is 0.128 e. The van der Waals surface area contributed by atoms with Crippen molar-refractivity contribution < 1.29 is 14.3 Å². The van der Waals surface area contributed by atoms with E-state index in [1.165, 1.54) is 24.4 Å². The molecule has 0 bridgehead atoms. The molecule has 0 saturated heterocycles. The number of benzene rings is 1. The summed E-state index contributed by atoms with van der Waals surface area (Å²) in [7, 11) is 0. The molecule has 0 radical (unpaired) electrons.